The molecule has 1 aromatic carbocycles. The fourth-order valence-corrected chi connectivity index (χ4v) is 4.05. The highest BCUT2D eigenvalue weighted by Gasteiger charge is 2.79. The number of fused-ring (bicyclic) bond motifs is 1. The van der Waals surface area contributed by atoms with E-state index < -0.39 is 29.1 Å². The van der Waals surface area contributed by atoms with Gasteiger partial charge in [-0.3, -0.25) is 4.79 Å². The molecule has 2 N–H and O–H groups in total. The Hall–Kier alpha value is -1.59. The van der Waals surface area contributed by atoms with Crippen LogP contribution in [0.15, 0.2) is 18.2 Å². The summed E-state index contributed by atoms with van der Waals surface area (Å²) in [6.07, 6.45) is -0.781. The molecule has 5 nitrogen and oxygen atoms in total. The lowest BCUT2D eigenvalue weighted by Crippen LogP contribution is -2.76. The second kappa shape index (κ2) is 5.21. The van der Waals surface area contributed by atoms with Crippen LogP contribution in [0, 0.1) is 19.8 Å². The minimum Gasteiger partial charge on any atom is -0.453 e. The first-order chi connectivity index (χ1) is 10.8. The van der Waals surface area contributed by atoms with Gasteiger partial charge in [-0.2, -0.15) is 0 Å². The highest BCUT2D eigenvalue weighted by Crippen LogP contribution is 2.55. The number of amides is 1. The van der Waals surface area contributed by atoms with Crippen LogP contribution in [0.2, 0.25) is 0 Å². The van der Waals surface area contributed by atoms with E-state index in [-0.39, 0.29) is 11.8 Å². The van der Waals surface area contributed by atoms with Crippen LogP contribution < -0.4 is 5.32 Å². The zero-order chi connectivity index (χ0) is 17.0. The fraction of sp³-hybridized carbons (Fsp3) is 0.529. The number of carbonyl (C=O) groups is 2. The normalized spacial score (nSPS) is 33.5. The Morgan fingerprint density at radius 1 is 1.39 bits per heavy atom. The van der Waals surface area contributed by atoms with Crippen molar-refractivity contribution in [3.8, 4) is 0 Å². The SMILES string of the molecule is Cc1cccc([C@H](O)[C@@]23NC(=O)[C@H](CCCl)[C@]2(C)OC3=O)c1C. The van der Waals surface area contributed by atoms with E-state index in [1.807, 2.05) is 26.0 Å². The Morgan fingerprint density at radius 3 is 2.70 bits per heavy atom. The molecule has 23 heavy (non-hydrogen) atoms. The van der Waals surface area contributed by atoms with Gasteiger partial charge < -0.3 is 15.2 Å². The predicted molar refractivity (Wildman–Crippen MR) is 85.1 cm³/mol. The number of aliphatic hydroxyl groups is 1. The van der Waals surface area contributed by atoms with Crippen molar-refractivity contribution < 1.29 is 19.4 Å². The minimum atomic E-state index is -1.45. The molecule has 6 heteroatoms. The molecule has 0 aromatic heterocycles. The molecule has 0 unspecified atom stereocenters. The number of esters is 1. The van der Waals surface area contributed by atoms with E-state index in [4.69, 9.17) is 16.3 Å². The standard InChI is InChI=1S/C17H20ClNO4/c1-9-5-4-6-11(10(9)2)13(20)17-15(22)23-16(17,3)12(7-8-18)14(21)19-17/h4-6,12-13,20H,7-8H2,1-3H3,(H,19,21)/t12-,13-,16-,17-/m0/s1. The maximum atomic E-state index is 12.4. The molecule has 1 aromatic rings. The van der Waals surface area contributed by atoms with Gasteiger partial charge in [0.1, 0.15) is 6.10 Å². The third-order valence-electron chi connectivity index (χ3n) is 5.46. The van der Waals surface area contributed by atoms with Crippen LogP contribution in [0.3, 0.4) is 0 Å². The molecule has 2 saturated heterocycles. The van der Waals surface area contributed by atoms with Gasteiger partial charge in [-0.25, -0.2) is 4.79 Å². The lowest BCUT2D eigenvalue weighted by molar-refractivity contribution is -0.236. The monoisotopic (exact) mass is 337 g/mol. The molecule has 2 aliphatic rings. The Morgan fingerprint density at radius 2 is 2.09 bits per heavy atom. The summed E-state index contributed by atoms with van der Waals surface area (Å²) in [6.45, 7) is 5.52. The molecule has 2 fully saturated rings. The number of benzene rings is 1. The number of carbonyl (C=O) groups excluding carboxylic acids is 2. The maximum Gasteiger partial charge on any atom is 0.339 e. The first kappa shape index (κ1) is 16.3. The number of hydrogen-bond acceptors (Lipinski definition) is 4. The summed E-state index contributed by atoms with van der Waals surface area (Å²) in [6, 6.07) is 5.53. The van der Waals surface area contributed by atoms with Gasteiger partial charge in [-0.15, -0.1) is 11.6 Å². The van der Waals surface area contributed by atoms with E-state index in [0.29, 0.717) is 12.0 Å². The maximum absolute atomic E-state index is 12.4. The van der Waals surface area contributed by atoms with Crippen molar-refractivity contribution in [1.82, 2.24) is 5.32 Å². The van der Waals surface area contributed by atoms with Gasteiger partial charge in [0.15, 0.2) is 5.60 Å². The number of aliphatic hydroxyl groups excluding tert-OH is 1. The second-order valence-corrected chi connectivity index (χ2v) is 6.89. The fourth-order valence-electron chi connectivity index (χ4n) is 3.83. The van der Waals surface area contributed by atoms with E-state index >= 15 is 0 Å². The summed E-state index contributed by atoms with van der Waals surface area (Å²) in [5.41, 5.74) is -0.00878. The first-order valence-electron chi connectivity index (χ1n) is 7.65. The molecule has 0 saturated carbocycles. The Kier molecular flexibility index (Phi) is 3.69. The van der Waals surface area contributed by atoms with Crippen LogP contribution in [0.5, 0.6) is 0 Å². The van der Waals surface area contributed by atoms with E-state index in [9.17, 15) is 14.7 Å². The van der Waals surface area contributed by atoms with Gasteiger partial charge in [0.25, 0.3) is 0 Å². The molecule has 3 rings (SSSR count). The number of halogens is 1. The molecule has 124 valence electrons. The Bertz CT molecular complexity index is 691. The molecule has 2 aliphatic heterocycles. The van der Waals surface area contributed by atoms with Crippen molar-refractivity contribution in [2.45, 2.75) is 44.4 Å². The molecule has 0 radical (unpaired) electrons. The molecule has 0 spiro atoms. The van der Waals surface area contributed by atoms with Crippen molar-refractivity contribution in [3.05, 3.63) is 34.9 Å². The van der Waals surface area contributed by atoms with Crippen LogP contribution in [0.1, 0.15) is 36.1 Å². The van der Waals surface area contributed by atoms with Crippen molar-refractivity contribution in [2.24, 2.45) is 5.92 Å². The van der Waals surface area contributed by atoms with E-state index in [1.54, 1.807) is 13.0 Å². The lowest BCUT2D eigenvalue weighted by Gasteiger charge is -2.53. The van der Waals surface area contributed by atoms with Crippen LogP contribution >= 0.6 is 11.6 Å². The molecule has 0 bridgehead atoms. The van der Waals surface area contributed by atoms with Crippen LogP contribution in [0.25, 0.3) is 0 Å². The second-order valence-electron chi connectivity index (χ2n) is 6.52. The summed E-state index contributed by atoms with van der Waals surface area (Å²) in [7, 11) is 0. The third kappa shape index (κ3) is 1.90. The Balaban J connectivity index is 2.08. The molecule has 2 heterocycles. The van der Waals surface area contributed by atoms with Gasteiger partial charge >= 0.3 is 5.97 Å². The number of alkyl halides is 1. The van der Waals surface area contributed by atoms with Gasteiger partial charge in [0.05, 0.1) is 5.92 Å². The van der Waals surface area contributed by atoms with Crippen LogP contribution in [-0.2, 0) is 14.3 Å². The number of rotatable bonds is 4. The highest BCUT2D eigenvalue weighted by atomic mass is 35.5. The molecule has 4 atom stereocenters. The van der Waals surface area contributed by atoms with Gasteiger partial charge in [0, 0.05) is 5.88 Å². The number of ether oxygens (including phenoxy) is 1. The van der Waals surface area contributed by atoms with E-state index in [2.05, 4.69) is 5.32 Å². The zero-order valence-corrected chi connectivity index (χ0v) is 14.1. The summed E-state index contributed by atoms with van der Waals surface area (Å²) in [5.74, 6) is -1.18. The number of hydrogen-bond donors (Lipinski definition) is 2. The van der Waals surface area contributed by atoms with Gasteiger partial charge in [0.2, 0.25) is 11.4 Å². The van der Waals surface area contributed by atoms with Crippen molar-refractivity contribution in [2.75, 3.05) is 5.88 Å². The molecular weight excluding hydrogens is 318 g/mol. The molecule has 1 amide bonds. The summed E-state index contributed by atoms with van der Waals surface area (Å²) in [5, 5.41) is 13.7. The largest absolute Gasteiger partial charge is 0.453 e. The van der Waals surface area contributed by atoms with Gasteiger partial charge in [-0.1, -0.05) is 18.2 Å². The number of nitrogens with one attached hydrogen (secondary N) is 1. The average Bonchev–Trinajstić information content (AvgIpc) is 2.67. The van der Waals surface area contributed by atoms with Crippen LogP contribution in [-0.4, -0.2) is 34.0 Å². The van der Waals surface area contributed by atoms with E-state index in [0.717, 1.165) is 11.1 Å². The Labute approximate surface area is 140 Å². The predicted octanol–water partition coefficient (Wildman–Crippen LogP) is 1.77. The topological polar surface area (TPSA) is 75.6 Å². The summed E-state index contributed by atoms with van der Waals surface area (Å²) < 4.78 is 5.36. The lowest BCUT2D eigenvalue weighted by atomic mass is 9.66. The molecule has 0 aliphatic carbocycles. The van der Waals surface area contributed by atoms with Gasteiger partial charge in [-0.05, 0) is 43.9 Å². The average molecular weight is 338 g/mol. The third-order valence-corrected chi connectivity index (χ3v) is 5.68. The zero-order valence-electron chi connectivity index (χ0n) is 13.4. The minimum absolute atomic E-state index is 0.279. The number of aryl methyl sites for hydroxylation is 1. The van der Waals surface area contributed by atoms with Crippen LogP contribution in [0.4, 0.5) is 0 Å². The van der Waals surface area contributed by atoms with E-state index in [1.165, 1.54) is 0 Å². The summed E-state index contributed by atoms with van der Waals surface area (Å²) >= 11 is 5.79. The molecular formula is C17H20ClNO4. The summed E-state index contributed by atoms with van der Waals surface area (Å²) in [4.78, 5) is 24.7. The first-order valence-corrected chi connectivity index (χ1v) is 8.18. The highest BCUT2D eigenvalue weighted by molar-refractivity contribution is 6.18. The quantitative estimate of drug-likeness (QED) is 0.648. The smallest absolute Gasteiger partial charge is 0.339 e. The van der Waals surface area contributed by atoms with Crippen molar-refractivity contribution in [3.63, 3.8) is 0 Å². The van der Waals surface area contributed by atoms with Crippen molar-refractivity contribution in [1.29, 1.82) is 0 Å². The van der Waals surface area contributed by atoms with Crippen molar-refractivity contribution >= 4 is 23.5 Å².